The summed E-state index contributed by atoms with van der Waals surface area (Å²) in [4.78, 5) is 23.5. The molecule has 1 aliphatic rings. The molecule has 0 radical (unpaired) electrons. The molecule has 0 saturated heterocycles. The minimum absolute atomic E-state index is 0.0598. The number of H-pyrrole nitrogens is 1. The molecule has 178 valence electrons. The number of aromatic amines is 1. The molecule has 1 fully saturated rings. The van der Waals surface area contributed by atoms with Crippen molar-refractivity contribution >= 4 is 29.8 Å². The van der Waals surface area contributed by atoms with Gasteiger partial charge in [-0.25, -0.2) is 0 Å². The van der Waals surface area contributed by atoms with E-state index in [4.69, 9.17) is 17.0 Å². The normalized spacial score (nSPS) is 24.0. The van der Waals surface area contributed by atoms with Crippen molar-refractivity contribution in [1.29, 1.82) is 0 Å². The molecule has 1 saturated carbocycles. The summed E-state index contributed by atoms with van der Waals surface area (Å²) in [7, 11) is 0. The molecule has 6 N–H and O–H groups in total. The average Bonchev–Trinajstić information content (AvgIpc) is 3.35. The lowest BCUT2D eigenvalue weighted by Gasteiger charge is -2.21. The second-order valence-corrected chi connectivity index (χ2v) is 8.24. The number of carboxylic acids is 2. The number of aliphatic hydroxyl groups excluding tert-OH is 2. The predicted octanol–water partition coefficient (Wildman–Crippen LogP) is 1.60. The molecule has 0 spiro atoms. The fourth-order valence-corrected chi connectivity index (χ4v) is 4.50. The molecule has 11 nitrogen and oxygen atoms in total. The minimum Gasteiger partial charge on any atom is -0.481 e. The van der Waals surface area contributed by atoms with Crippen molar-refractivity contribution in [3.63, 3.8) is 0 Å². The molecular weight excluding hydrogens is 464 g/mol. The Morgan fingerprint density at radius 1 is 1.06 bits per heavy atom. The number of anilines is 1. The Balaban J connectivity index is 1.49. The molecule has 1 heterocycles. The van der Waals surface area contributed by atoms with Gasteiger partial charge in [0.05, 0.1) is 29.7 Å². The summed E-state index contributed by atoms with van der Waals surface area (Å²) in [5, 5.41) is 49.1. The number of aliphatic carboxylic acids is 2. The summed E-state index contributed by atoms with van der Waals surface area (Å²) in [5.74, 6) is -6.48. The van der Waals surface area contributed by atoms with Gasteiger partial charge in [-0.2, -0.15) is 5.10 Å². The highest BCUT2D eigenvalue weighted by atomic mass is 32.1. The average molecular weight is 487 g/mol. The van der Waals surface area contributed by atoms with E-state index in [9.17, 15) is 30.0 Å². The number of nitrogens with one attached hydrogen (secondary N) is 2. The molecule has 1 aliphatic carbocycles. The molecule has 34 heavy (non-hydrogen) atoms. The monoisotopic (exact) mass is 486 g/mol. The van der Waals surface area contributed by atoms with Crippen LogP contribution in [0.1, 0.15) is 11.5 Å². The van der Waals surface area contributed by atoms with Crippen molar-refractivity contribution in [1.82, 2.24) is 14.8 Å². The summed E-state index contributed by atoms with van der Waals surface area (Å²) >= 11 is 5.18. The topological polar surface area (TPSA) is 170 Å². The van der Waals surface area contributed by atoms with Crippen LogP contribution >= 0.6 is 12.2 Å². The van der Waals surface area contributed by atoms with E-state index in [2.05, 4.69) is 15.5 Å². The first-order valence-electron chi connectivity index (χ1n) is 10.3. The van der Waals surface area contributed by atoms with Gasteiger partial charge >= 0.3 is 11.9 Å². The van der Waals surface area contributed by atoms with E-state index in [-0.39, 0.29) is 6.73 Å². The summed E-state index contributed by atoms with van der Waals surface area (Å²) < 4.78 is 7.88. The number of carbonyl (C=O) groups is 2. The summed E-state index contributed by atoms with van der Waals surface area (Å²) in [5.41, 5.74) is 1.88. The highest BCUT2D eigenvalue weighted by Crippen LogP contribution is 2.45. The first kappa shape index (κ1) is 23.4. The van der Waals surface area contributed by atoms with E-state index in [1.807, 2.05) is 24.3 Å². The number of nitrogens with zero attached hydrogens (tertiary/aromatic N) is 2. The number of benzene rings is 2. The lowest BCUT2D eigenvalue weighted by atomic mass is 9.82. The molecule has 0 amide bonds. The number of ether oxygens (including phenoxy) is 1. The van der Waals surface area contributed by atoms with Crippen molar-refractivity contribution in [3.8, 4) is 11.4 Å². The van der Waals surface area contributed by atoms with Crippen LogP contribution in [0.2, 0.25) is 0 Å². The molecule has 4 rings (SSSR count). The van der Waals surface area contributed by atoms with Gasteiger partial charge in [0, 0.05) is 11.6 Å². The zero-order valence-corrected chi connectivity index (χ0v) is 18.4. The van der Waals surface area contributed by atoms with Crippen molar-refractivity contribution in [2.45, 2.75) is 18.1 Å². The Bertz CT molecular complexity index is 1230. The van der Waals surface area contributed by atoms with E-state index in [1.165, 1.54) is 6.07 Å². The molecular formula is C22H22N4O7S. The molecule has 2 aromatic carbocycles. The molecule has 0 bridgehead atoms. The largest absolute Gasteiger partial charge is 0.481 e. The summed E-state index contributed by atoms with van der Waals surface area (Å²) in [6.07, 6.45) is -1.84. The number of carboxylic acid groups (broad SMARTS) is 2. The van der Waals surface area contributed by atoms with Crippen LogP contribution in [0.5, 0.6) is 5.75 Å². The van der Waals surface area contributed by atoms with Crippen molar-refractivity contribution in [2.75, 3.05) is 12.0 Å². The maximum absolute atomic E-state index is 11.7. The Morgan fingerprint density at radius 2 is 1.74 bits per heavy atom. The van der Waals surface area contributed by atoms with Crippen LogP contribution in [-0.4, -0.2) is 66.1 Å². The van der Waals surface area contributed by atoms with Gasteiger partial charge in [0.25, 0.3) is 0 Å². The van der Waals surface area contributed by atoms with Gasteiger partial charge in [-0.3, -0.25) is 19.3 Å². The summed E-state index contributed by atoms with van der Waals surface area (Å²) in [6, 6.07) is 13.7. The Morgan fingerprint density at radius 3 is 2.35 bits per heavy atom. The van der Waals surface area contributed by atoms with Crippen LogP contribution in [0.4, 0.5) is 5.69 Å². The van der Waals surface area contributed by atoms with Crippen LogP contribution in [0, 0.1) is 16.6 Å². The number of hydrogen-bond acceptors (Lipinski definition) is 8. The second-order valence-electron chi connectivity index (χ2n) is 7.85. The third-order valence-electron chi connectivity index (χ3n) is 5.86. The van der Waals surface area contributed by atoms with Gasteiger partial charge in [-0.1, -0.05) is 18.2 Å². The smallest absolute Gasteiger partial charge is 0.309 e. The lowest BCUT2D eigenvalue weighted by Crippen LogP contribution is -2.33. The SMILES string of the molecule is O=C(O)C1C(O)C(O)C(C(=O)O)C1c1cccc(OCNc2cccc(-n3cn[nH]c3=S)c2)c1. The molecule has 3 aromatic rings. The first-order chi connectivity index (χ1) is 16.3. The van der Waals surface area contributed by atoms with E-state index in [1.54, 1.807) is 29.1 Å². The van der Waals surface area contributed by atoms with Gasteiger partial charge < -0.3 is 30.5 Å². The van der Waals surface area contributed by atoms with Gasteiger partial charge in [-0.05, 0) is 48.1 Å². The number of rotatable bonds is 8. The van der Waals surface area contributed by atoms with Gasteiger partial charge in [0.1, 0.15) is 12.1 Å². The van der Waals surface area contributed by atoms with Crippen molar-refractivity contribution in [2.24, 2.45) is 11.8 Å². The van der Waals surface area contributed by atoms with Gasteiger partial charge in [0.2, 0.25) is 0 Å². The molecule has 4 unspecified atom stereocenters. The van der Waals surface area contributed by atoms with Crippen LogP contribution in [-0.2, 0) is 9.59 Å². The third-order valence-corrected chi connectivity index (χ3v) is 6.15. The van der Waals surface area contributed by atoms with Crippen molar-refractivity contribution in [3.05, 3.63) is 65.2 Å². The van der Waals surface area contributed by atoms with E-state index in [0.29, 0.717) is 16.1 Å². The molecule has 12 heteroatoms. The Kier molecular flexibility index (Phi) is 6.63. The van der Waals surface area contributed by atoms with E-state index >= 15 is 0 Å². The van der Waals surface area contributed by atoms with Crippen LogP contribution in [0.3, 0.4) is 0 Å². The van der Waals surface area contributed by atoms with Crippen LogP contribution < -0.4 is 10.1 Å². The fraction of sp³-hybridized carbons (Fsp3) is 0.273. The zero-order chi connectivity index (χ0) is 24.4. The summed E-state index contributed by atoms with van der Waals surface area (Å²) in [6.45, 7) is 0.0598. The first-order valence-corrected chi connectivity index (χ1v) is 10.7. The highest BCUT2D eigenvalue weighted by Gasteiger charge is 2.56. The molecule has 4 atom stereocenters. The fourth-order valence-electron chi connectivity index (χ4n) is 4.30. The molecule has 0 aliphatic heterocycles. The highest BCUT2D eigenvalue weighted by molar-refractivity contribution is 7.71. The van der Waals surface area contributed by atoms with Crippen molar-refractivity contribution < 1.29 is 34.8 Å². The van der Waals surface area contributed by atoms with E-state index in [0.717, 1.165) is 11.4 Å². The Hall–Kier alpha value is -3.74. The van der Waals surface area contributed by atoms with Crippen LogP contribution in [0.25, 0.3) is 5.69 Å². The quantitative estimate of drug-likeness (QED) is 0.203. The predicted molar refractivity (Wildman–Crippen MR) is 121 cm³/mol. The van der Waals surface area contributed by atoms with E-state index < -0.39 is 41.9 Å². The standard InChI is InChI=1S/C22H22N4O7S/c27-18-16(20(29)30)15(17(19(18)28)21(31)32)11-3-1-6-14(7-11)33-10-23-12-4-2-5-13(8-12)26-9-24-25-22(26)34/h1-9,15-19,23,27-28H,10H2,(H,25,34)(H,29,30)(H,31,32). The molecule has 1 aromatic heterocycles. The number of aromatic nitrogens is 3. The second kappa shape index (κ2) is 9.63. The third kappa shape index (κ3) is 4.51. The Labute approximate surface area is 198 Å². The zero-order valence-electron chi connectivity index (χ0n) is 17.6. The number of hydrogen-bond donors (Lipinski definition) is 6. The maximum atomic E-state index is 11.7. The lowest BCUT2D eigenvalue weighted by molar-refractivity contribution is -0.147. The maximum Gasteiger partial charge on any atom is 0.309 e. The van der Waals surface area contributed by atoms with Gasteiger partial charge in [0.15, 0.2) is 11.5 Å². The van der Waals surface area contributed by atoms with Gasteiger partial charge in [-0.15, -0.1) is 0 Å². The van der Waals surface area contributed by atoms with Crippen LogP contribution in [0.15, 0.2) is 54.9 Å². The minimum atomic E-state index is -1.70. The number of aliphatic hydroxyl groups is 2.